The molecule has 1 N–H and O–H groups in total. The Morgan fingerprint density at radius 1 is 1.53 bits per heavy atom. The molecule has 0 spiro atoms. The van der Waals surface area contributed by atoms with Crippen molar-refractivity contribution < 1.29 is 14.6 Å². The maximum absolute atomic E-state index is 12.1. The molecule has 0 saturated heterocycles. The quantitative estimate of drug-likeness (QED) is 0.705. The molecule has 0 radical (unpaired) electrons. The number of aliphatic hydroxyl groups excluding tert-OH is 1. The normalized spacial score (nSPS) is 10.2. The molecule has 1 aromatic heterocycles. The highest BCUT2D eigenvalue weighted by atomic mass is 16.5. The molecule has 0 unspecified atom stereocenters. The molecule has 94 valence electrons. The molecule has 0 aliphatic heterocycles. The highest BCUT2D eigenvalue weighted by molar-refractivity contribution is 5.93. The number of aromatic nitrogens is 1. The second-order valence-corrected chi connectivity index (χ2v) is 3.60. The van der Waals surface area contributed by atoms with Crippen LogP contribution in [0.15, 0.2) is 24.5 Å². The van der Waals surface area contributed by atoms with Crippen molar-refractivity contribution in [1.29, 1.82) is 0 Å². The average Bonchev–Trinajstić information content (AvgIpc) is 2.38. The van der Waals surface area contributed by atoms with Crippen LogP contribution in [0.1, 0.15) is 16.8 Å². The number of nitrogens with zero attached hydrogens (tertiary/aromatic N) is 2. The zero-order valence-corrected chi connectivity index (χ0v) is 10.0. The molecule has 0 bridgehead atoms. The Morgan fingerprint density at radius 2 is 2.35 bits per heavy atom. The van der Waals surface area contributed by atoms with E-state index in [4.69, 9.17) is 9.84 Å². The zero-order chi connectivity index (χ0) is 12.5. The Balaban J connectivity index is 2.60. The number of carbonyl (C=O) groups is 1. The van der Waals surface area contributed by atoms with Gasteiger partial charge < -0.3 is 14.7 Å². The summed E-state index contributed by atoms with van der Waals surface area (Å²) in [6, 6.07) is 3.44. The van der Waals surface area contributed by atoms with Crippen LogP contribution in [0.25, 0.3) is 0 Å². The number of rotatable bonds is 7. The van der Waals surface area contributed by atoms with E-state index in [0.717, 1.165) is 6.42 Å². The summed E-state index contributed by atoms with van der Waals surface area (Å²) in [7, 11) is 1.62. The molecule has 0 fully saturated rings. The van der Waals surface area contributed by atoms with Crippen molar-refractivity contribution >= 4 is 5.91 Å². The Bertz CT molecular complexity index is 330. The molecule has 0 aliphatic carbocycles. The number of pyridine rings is 1. The number of ether oxygens (including phenoxy) is 1. The standard InChI is InChI=1S/C12H18N2O3/c1-17-9-3-6-14(7-8-15)12(16)11-4-2-5-13-10-11/h2,4-5,10,15H,3,6-9H2,1H3. The number of aliphatic hydroxyl groups is 1. The number of amides is 1. The van der Waals surface area contributed by atoms with Gasteiger partial charge in [-0.2, -0.15) is 0 Å². The number of methoxy groups -OCH3 is 1. The van der Waals surface area contributed by atoms with Gasteiger partial charge in [-0.25, -0.2) is 0 Å². The van der Waals surface area contributed by atoms with E-state index >= 15 is 0 Å². The van der Waals surface area contributed by atoms with Gasteiger partial charge in [0.05, 0.1) is 12.2 Å². The Kier molecular flexibility index (Phi) is 6.21. The van der Waals surface area contributed by atoms with Crippen molar-refractivity contribution in [2.45, 2.75) is 6.42 Å². The fourth-order valence-corrected chi connectivity index (χ4v) is 1.51. The van der Waals surface area contributed by atoms with E-state index in [9.17, 15) is 4.79 Å². The van der Waals surface area contributed by atoms with Gasteiger partial charge in [0.2, 0.25) is 0 Å². The molecule has 1 aromatic rings. The fraction of sp³-hybridized carbons (Fsp3) is 0.500. The van der Waals surface area contributed by atoms with Crippen LogP contribution >= 0.6 is 0 Å². The number of hydrogen-bond donors (Lipinski definition) is 1. The summed E-state index contributed by atoms with van der Waals surface area (Å²) in [6.45, 7) is 1.46. The second kappa shape index (κ2) is 7.76. The predicted octanol–water partition coefficient (Wildman–Crippen LogP) is 0.553. The molecular formula is C12H18N2O3. The topological polar surface area (TPSA) is 62.7 Å². The first-order chi connectivity index (χ1) is 8.29. The second-order valence-electron chi connectivity index (χ2n) is 3.60. The van der Waals surface area contributed by atoms with E-state index in [2.05, 4.69) is 4.98 Å². The van der Waals surface area contributed by atoms with Gasteiger partial charge in [0.25, 0.3) is 5.91 Å². The molecule has 1 heterocycles. The molecule has 0 atom stereocenters. The molecule has 0 saturated carbocycles. The van der Waals surface area contributed by atoms with Crippen LogP contribution < -0.4 is 0 Å². The molecule has 1 amide bonds. The summed E-state index contributed by atoms with van der Waals surface area (Å²) in [5.41, 5.74) is 0.540. The maximum Gasteiger partial charge on any atom is 0.255 e. The SMILES string of the molecule is COCCCN(CCO)C(=O)c1cccnc1. The summed E-state index contributed by atoms with van der Waals surface area (Å²) >= 11 is 0. The fourth-order valence-electron chi connectivity index (χ4n) is 1.51. The first kappa shape index (κ1) is 13.6. The minimum absolute atomic E-state index is 0.0427. The third-order valence-electron chi connectivity index (χ3n) is 2.34. The van der Waals surface area contributed by atoms with E-state index in [1.165, 1.54) is 6.20 Å². The molecular weight excluding hydrogens is 220 g/mol. The van der Waals surface area contributed by atoms with Crippen molar-refractivity contribution in [3.63, 3.8) is 0 Å². The lowest BCUT2D eigenvalue weighted by atomic mass is 10.2. The van der Waals surface area contributed by atoms with Crippen molar-refractivity contribution in [3.8, 4) is 0 Å². The predicted molar refractivity (Wildman–Crippen MR) is 63.7 cm³/mol. The summed E-state index contributed by atoms with van der Waals surface area (Å²) in [6.07, 6.45) is 3.91. The smallest absolute Gasteiger partial charge is 0.255 e. The van der Waals surface area contributed by atoms with Gasteiger partial charge >= 0.3 is 0 Å². The van der Waals surface area contributed by atoms with Gasteiger partial charge in [-0.05, 0) is 18.6 Å². The van der Waals surface area contributed by atoms with Crippen LogP contribution in [0.4, 0.5) is 0 Å². The van der Waals surface area contributed by atoms with Gasteiger partial charge in [-0.15, -0.1) is 0 Å². The minimum Gasteiger partial charge on any atom is -0.395 e. The van der Waals surface area contributed by atoms with E-state index in [0.29, 0.717) is 25.3 Å². The van der Waals surface area contributed by atoms with E-state index < -0.39 is 0 Å². The first-order valence-electron chi connectivity index (χ1n) is 5.58. The molecule has 0 aromatic carbocycles. The maximum atomic E-state index is 12.1. The third-order valence-corrected chi connectivity index (χ3v) is 2.34. The van der Waals surface area contributed by atoms with Crippen molar-refractivity contribution in [3.05, 3.63) is 30.1 Å². The lowest BCUT2D eigenvalue weighted by Gasteiger charge is -2.21. The van der Waals surface area contributed by atoms with Crippen molar-refractivity contribution in [1.82, 2.24) is 9.88 Å². The van der Waals surface area contributed by atoms with Crippen molar-refractivity contribution in [2.75, 3.05) is 33.4 Å². The van der Waals surface area contributed by atoms with Crippen LogP contribution in [-0.4, -0.2) is 54.3 Å². The lowest BCUT2D eigenvalue weighted by Crippen LogP contribution is -2.35. The molecule has 1 rings (SSSR count). The monoisotopic (exact) mass is 238 g/mol. The van der Waals surface area contributed by atoms with Crippen LogP contribution in [-0.2, 0) is 4.74 Å². The highest BCUT2D eigenvalue weighted by Gasteiger charge is 2.14. The van der Waals surface area contributed by atoms with Crippen LogP contribution in [0.3, 0.4) is 0 Å². The molecule has 17 heavy (non-hydrogen) atoms. The van der Waals surface area contributed by atoms with E-state index in [1.54, 1.807) is 30.3 Å². The molecule has 5 heteroatoms. The minimum atomic E-state index is -0.108. The van der Waals surface area contributed by atoms with Gasteiger partial charge in [0, 0.05) is 39.2 Å². The van der Waals surface area contributed by atoms with Gasteiger partial charge in [-0.3, -0.25) is 9.78 Å². The van der Waals surface area contributed by atoms with Crippen LogP contribution in [0.5, 0.6) is 0 Å². The zero-order valence-electron chi connectivity index (χ0n) is 10.0. The summed E-state index contributed by atoms with van der Waals surface area (Å²) in [5, 5.41) is 8.95. The Hall–Kier alpha value is -1.46. The Morgan fingerprint density at radius 3 is 2.94 bits per heavy atom. The summed E-state index contributed by atoms with van der Waals surface area (Å²) in [5.74, 6) is -0.108. The lowest BCUT2D eigenvalue weighted by molar-refractivity contribution is 0.0701. The van der Waals surface area contributed by atoms with Crippen molar-refractivity contribution in [2.24, 2.45) is 0 Å². The number of carbonyl (C=O) groups excluding carboxylic acids is 1. The number of hydrogen-bond acceptors (Lipinski definition) is 4. The molecule has 5 nitrogen and oxygen atoms in total. The molecule has 0 aliphatic rings. The third kappa shape index (κ3) is 4.50. The van der Waals surface area contributed by atoms with Crippen LogP contribution in [0.2, 0.25) is 0 Å². The van der Waals surface area contributed by atoms with Gasteiger partial charge in [-0.1, -0.05) is 0 Å². The van der Waals surface area contributed by atoms with Gasteiger partial charge in [0.1, 0.15) is 0 Å². The summed E-state index contributed by atoms with van der Waals surface area (Å²) in [4.78, 5) is 17.6. The van der Waals surface area contributed by atoms with Gasteiger partial charge in [0.15, 0.2) is 0 Å². The van der Waals surface area contributed by atoms with E-state index in [1.807, 2.05) is 0 Å². The highest BCUT2D eigenvalue weighted by Crippen LogP contribution is 2.03. The summed E-state index contributed by atoms with van der Waals surface area (Å²) < 4.78 is 4.94. The van der Waals surface area contributed by atoms with E-state index in [-0.39, 0.29) is 12.5 Å². The Labute approximate surface area is 101 Å². The first-order valence-corrected chi connectivity index (χ1v) is 5.58. The van der Waals surface area contributed by atoms with Crippen LogP contribution in [0, 0.1) is 0 Å². The largest absolute Gasteiger partial charge is 0.395 e. The average molecular weight is 238 g/mol.